The summed E-state index contributed by atoms with van der Waals surface area (Å²) in [5, 5.41) is 7.87. The molecule has 1 aromatic carbocycles. The number of rotatable bonds is 8. The van der Waals surface area contributed by atoms with Gasteiger partial charge in [-0.05, 0) is 38.4 Å². The lowest BCUT2D eigenvalue weighted by atomic mass is 10.1. The summed E-state index contributed by atoms with van der Waals surface area (Å²) in [5.41, 5.74) is 4.99. The minimum Gasteiger partial charge on any atom is -0.377 e. The quantitative estimate of drug-likeness (QED) is 0.234. The van der Waals surface area contributed by atoms with Gasteiger partial charge in [0.1, 0.15) is 16.6 Å². The summed E-state index contributed by atoms with van der Waals surface area (Å²) in [7, 11) is 0. The first-order valence-corrected chi connectivity index (χ1v) is 15.0. The molecule has 2 N–H and O–H groups in total. The molecule has 2 unspecified atom stereocenters. The van der Waals surface area contributed by atoms with Gasteiger partial charge in [-0.2, -0.15) is 4.98 Å². The Labute approximate surface area is 243 Å². The number of hydrogen-bond acceptors (Lipinski definition) is 10. The predicted molar refractivity (Wildman–Crippen MR) is 166 cm³/mol. The Kier molecular flexibility index (Phi) is 6.72. The van der Waals surface area contributed by atoms with Crippen LogP contribution >= 0.6 is 11.3 Å². The summed E-state index contributed by atoms with van der Waals surface area (Å²) in [5.74, 6) is 2.26. The highest BCUT2D eigenvalue weighted by molar-refractivity contribution is 7.21. The largest absolute Gasteiger partial charge is 0.377 e. The Morgan fingerprint density at radius 2 is 1.85 bits per heavy atom. The van der Waals surface area contributed by atoms with Crippen LogP contribution in [0, 0.1) is 6.92 Å². The molecule has 7 rings (SSSR count). The maximum Gasteiger partial charge on any atom is 0.227 e. The highest BCUT2D eigenvalue weighted by Gasteiger charge is 2.43. The smallest absolute Gasteiger partial charge is 0.227 e. The number of piperazine rings is 1. The Balaban J connectivity index is 1.09. The Bertz CT molecular complexity index is 1690. The van der Waals surface area contributed by atoms with Crippen molar-refractivity contribution in [2.75, 3.05) is 35.2 Å². The molecular weight excluding hydrogens is 530 g/mol. The van der Waals surface area contributed by atoms with Gasteiger partial charge in [-0.15, -0.1) is 11.3 Å². The normalized spacial score (nSPS) is 19.1. The van der Waals surface area contributed by atoms with E-state index in [4.69, 9.17) is 15.0 Å². The number of aryl methyl sites for hydroxylation is 1. The Morgan fingerprint density at radius 1 is 0.976 bits per heavy atom. The molecule has 2 aliphatic rings. The van der Waals surface area contributed by atoms with Gasteiger partial charge in [-0.3, -0.25) is 9.88 Å². The molecule has 3 atom stereocenters. The molecule has 2 aliphatic heterocycles. The molecule has 2 bridgehead atoms. The maximum absolute atomic E-state index is 4.93. The van der Waals surface area contributed by atoms with Crippen LogP contribution in [-0.2, 0) is 0 Å². The number of likely N-dealkylation sites (tertiary alicyclic amines) is 1. The van der Waals surface area contributed by atoms with E-state index in [1.807, 2.05) is 43.7 Å². The van der Waals surface area contributed by atoms with Crippen molar-refractivity contribution in [2.24, 2.45) is 0 Å². The monoisotopic (exact) mass is 563 g/mol. The first kappa shape index (κ1) is 25.8. The van der Waals surface area contributed by atoms with Crippen LogP contribution in [0.1, 0.15) is 37.6 Å². The summed E-state index contributed by atoms with van der Waals surface area (Å²) in [6.45, 7) is 9.59. The lowest BCUT2D eigenvalue weighted by molar-refractivity contribution is 0.250. The third-order valence-electron chi connectivity index (χ3n) is 8.06. The second-order valence-electron chi connectivity index (χ2n) is 10.9. The molecule has 2 saturated heterocycles. The van der Waals surface area contributed by atoms with E-state index in [0.29, 0.717) is 17.9 Å². The van der Waals surface area contributed by atoms with Crippen molar-refractivity contribution in [1.29, 1.82) is 0 Å². The number of nitrogens with zero attached hydrogens (tertiary/aromatic N) is 7. The average Bonchev–Trinajstić information content (AvgIpc) is 3.72. The number of benzene rings is 1. The van der Waals surface area contributed by atoms with Crippen LogP contribution in [0.25, 0.3) is 20.8 Å². The highest BCUT2D eigenvalue weighted by Crippen LogP contribution is 2.35. The first-order chi connectivity index (χ1) is 20.0. The van der Waals surface area contributed by atoms with Crippen LogP contribution < -0.4 is 15.5 Å². The highest BCUT2D eigenvalue weighted by atomic mass is 32.1. The van der Waals surface area contributed by atoms with E-state index < -0.39 is 0 Å². The maximum atomic E-state index is 4.93. The fourth-order valence-corrected chi connectivity index (χ4v) is 6.89. The second-order valence-corrected chi connectivity index (χ2v) is 11.9. The molecule has 0 saturated carbocycles. The van der Waals surface area contributed by atoms with Crippen molar-refractivity contribution in [2.45, 2.75) is 45.3 Å². The van der Waals surface area contributed by atoms with Crippen molar-refractivity contribution < 1.29 is 0 Å². The Hall–Kier alpha value is -4.15. The van der Waals surface area contributed by atoms with E-state index in [2.05, 4.69) is 74.6 Å². The standard InChI is InChI=1S/C31H33N9S/c1-4-39-17-25-12-24(39)18-40(25)31-34-19(2)10-29(38-31)37-28-13-26-27(16-33-28)41-30(36-26)22-11-23(15-32-14-22)35-20(3)21-8-6-5-7-9-21/h5-11,13-16,20,24-25,35H,4,12,17-18H2,1-3H3,(H,33,34,37,38)/t20-,24?,25?/m1/s1. The van der Waals surface area contributed by atoms with Crippen LogP contribution in [-0.4, -0.2) is 61.5 Å². The number of thiazole rings is 1. The van der Waals surface area contributed by atoms with Gasteiger partial charge in [0.05, 0.1) is 15.9 Å². The molecule has 9 nitrogen and oxygen atoms in total. The van der Waals surface area contributed by atoms with Gasteiger partial charge >= 0.3 is 0 Å². The van der Waals surface area contributed by atoms with E-state index in [1.165, 1.54) is 12.0 Å². The molecule has 0 aliphatic carbocycles. The van der Waals surface area contributed by atoms with Crippen molar-refractivity contribution >= 4 is 44.8 Å². The fraction of sp³-hybridized carbons (Fsp3) is 0.323. The third kappa shape index (κ3) is 5.20. The van der Waals surface area contributed by atoms with Crippen LogP contribution in [0.2, 0.25) is 0 Å². The molecular formula is C31H33N9S. The van der Waals surface area contributed by atoms with Gasteiger partial charge in [-0.1, -0.05) is 37.3 Å². The summed E-state index contributed by atoms with van der Waals surface area (Å²) >= 11 is 1.61. The number of nitrogens with one attached hydrogen (secondary N) is 2. The first-order valence-electron chi connectivity index (χ1n) is 14.2. The molecule has 41 heavy (non-hydrogen) atoms. The van der Waals surface area contributed by atoms with Gasteiger partial charge < -0.3 is 15.5 Å². The number of anilines is 4. The molecule has 5 aromatic rings. The molecule has 10 heteroatoms. The minimum absolute atomic E-state index is 0.166. The summed E-state index contributed by atoms with van der Waals surface area (Å²) in [4.78, 5) is 28.7. The molecule has 6 heterocycles. The van der Waals surface area contributed by atoms with Crippen LogP contribution in [0.5, 0.6) is 0 Å². The van der Waals surface area contributed by atoms with E-state index in [-0.39, 0.29) is 6.04 Å². The Morgan fingerprint density at radius 3 is 2.66 bits per heavy atom. The van der Waals surface area contributed by atoms with Gasteiger partial charge in [0, 0.05) is 73.2 Å². The average molecular weight is 564 g/mol. The van der Waals surface area contributed by atoms with Gasteiger partial charge in [-0.25, -0.2) is 15.0 Å². The number of aromatic nitrogens is 5. The summed E-state index contributed by atoms with van der Waals surface area (Å²) < 4.78 is 1.02. The zero-order valence-electron chi connectivity index (χ0n) is 23.5. The van der Waals surface area contributed by atoms with E-state index >= 15 is 0 Å². The van der Waals surface area contributed by atoms with E-state index in [1.54, 1.807) is 11.3 Å². The summed E-state index contributed by atoms with van der Waals surface area (Å²) in [6.07, 6.45) is 6.78. The number of likely N-dealkylation sites (N-methyl/N-ethyl adjacent to an activating group) is 1. The zero-order chi connectivity index (χ0) is 27.9. The van der Waals surface area contributed by atoms with Crippen molar-refractivity contribution in [1.82, 2.24) is 29.8 Å². The summed E-state index contributed by atoms with van der Waals surface area (Å²) in [6, 6.07) is 17.7. The van der Waals surface area contributed by atoms with Crippen LogP contribution in [0.4, 0.5) is 23.3 Å². The van der Waals surface area contributed by atoms with Gasteiger partial charge in [0.25, 0.3) is 0 Å². The minimum atomic E-state index is 0.166. The number of fused-ring (bicyclic) bond motifs is 3. The molecule has 0 radical (unpaired) electrons. The predicted octanol–water partition coefficient (Wildman–Crippen LogP) is 6.05. The second kappa shape index (κ2) is 10.7. The van der Waals surface area contributed by atoms with Crippen molar-refractivity contribution in [3.63, 3.8) is 0 Å². The van der Waals surface area contributed by atoms with Gasteiger partial charge in [0.2, 0.25) is 5.95 Å². The third-order valence-corrected chi connectivity index (χ3v) is 9.11. The lowest BCUT2D eigenvalue weighted by Crippen LogP contribution is -2.46. The molecule has 0 amide bonds. The fourth-order valence-electron chi connectivity index (χ4n) is 6.00. The topological polar surface area (TPSA) is 95.0 Å². The molecule has 208 valence electrons. The lowest BCUT2D eigenvalue weighted by Gasteiger charge is -2.33. The number of pyridine rings is 2. The molecule has 0 spiro atoms. The van der Waals surface area contributed by atoms with Crippen molar-refractivity contribution in [3.05, 3.63) is 78.4 Å². The van der Waals surface area contributed by atoms with Crippen LogP contribution in [0.15, 0.2) is 67.1 Å². The number of hydrogen-bond donors (Lipinski definition) is 2. The van der Waals surface area contributed by atoms with Crippen molar-refractivity contribution in [3.8, 4) is 10.6 Å². The van der Waals surface area contributed by atoms with E-state index in [9.17, 15) is 0 Å². The molecule has 4 aromatic heterocycles. The van der Waals surface area contributed by atoms with E-state index in [0.717, 1.165) is 63.6 Å². The molecule has 2 fully saturated rings. The SMILES string of the molecule is CCN1CC2CC1CN2c1nc(C)cc(Nc2cc3nc(-c4cncc(N[C@H](C)c5ccccc5)c4)sc3cn2)n1. The van der Waals surface area contributed by atoms with Crippen LogP contribution in [0.3, 0.4) is 0 Å². The van der Waals surface area contributed by atoms with Gasteiger partial charge in [0.15, 0.2) is 0 Å². The zero-order valence-corrected chi connectivity index (χ0v) is 24.3.